The number of thiol groups is 1. The van der Waals surface area contributed by atoms with Crippen molar-refractivity contribution >= 4 is 12.6 Å². The van der Waals surface area contributed by atoms with Gasteiger partial charge in [0.05, 0.1) is 6.10 Å². The lowest BCUT2D eigenvalue weighted by atomic mass is 9.82. The lowest BCUT2D eigenvalue weighted by molar-refractivity contribution is 0.114. The van der Waals surface area contributed by atoms with Crippen molar-refractivity contribution in [3.8, 4) is 0 Å². The summed E-state index contributed by atoms with van der Waals surface area (Å²) in [6, 6.07) is 10.4. The third kappa shape index (κ3) is 3.25. The highest BCUT2D eigenvalue weighted by Gasteiger charge is 2.23. The highest BCUT2D eigenvalue weighted by atomic mass is 32.1. The molecule has 0 aliphatic carbocycles. The van der Waals surface area contributed by atoms with E-state index in [0.29, 0.717) is 17.6 Å². The van der Waals surface area contributed by atoms with Crippen LogP contribution in [0.1, 0.15) is 31.7 Å². The minimum Gasteiger partial charge on any atom is -0.392 e. The summed E-state index contributed by atoms with van der Waals surface area (Å²) in [4.78, 5) is 0. The number of rotatable bonds is 5. The molecule has 0 bridgehead atoms. The molecule has 0 spiro atoms. The molecule has 15 heavy (non-hydrogen) atoms. The van der Waals surface area contributed by atoms with Crippen molar-refractivity contribution in [1.82, 2.24) is 0 Å². The van der Waals surface area contributed by atoms with Gasteiger partial charge in [-0.05, 0) is 17.4 Å². The van der Waals surface area contributed by atoms with Crippen molar-refractivity contribution in [2.45, 2.75) is 32.3 Å². The van der Waals surface area contributed by atoms with E-state index in [0.717, 1.165) is 6.42 Å². The predicted molar refractivity (Wildman–Crippen MR) is 68.5 cm³/mol. The summed E-state index contributed by atoms with van der Waals surface area (Å²) in [5.74, 6) is 1.22. The minimum atomic E-state index is -0.312. The van der Waals surface area contributed by atoms with Crippen molar-refractivity contribution < 1.29 is 5.11 Å². The van der Waals surface area contributed by atoms with E-state index in [1.54, 1.807) is 0 Å². The Balaban J connectivity index is 2.77. The van der Waals surface area contributed by atoms with Crippen molar-refractivity contribution in [2.24, 2.45) is 5.92 Å². The maximum Gasteiger partial charge on any atom is 0.0661 e. The summed E-state index contributed by atoms with van der Waals surface area (Å²) in [6.45, 7) is 4.30. The Morgan fingerprint density at radius 1 is 1.27 bits per heavy atom. The number of aliphatic hydroxyl groups excluding tert-OH is 1. The first-order valence-electron chi connectivity index (χ1n) is 5.54. The van der Waals surface area contributed by atoms with Crippen molar-refractivity contribution in [1.29, 1.82) is 0 Å². The summed E-state index contributed by atoms with van der Waals surface area (Å²) in [5.41, 5.74) is 1.30. The number of hydrogen-bond acceptors (Lipinski definition) is 2. The Labute approximate surface area is 97.9 Å². The van der Waals surface area contributed by atoms with Gasteiger partial charge in [0.2, 0.25) is 0 Å². The quantitative estimate of drug-likeness (QED) is 0.736. The summed E-state index contributed by atoms with van der Waals surface area (Å²) < 4.78 is 0. The summed E-state index contributed by atoms with van der Waals surface area (Å²) in [7, 11) is 0. The highest BCUT2D eigenvalue weighted by molar-refractivity contribution is 7.80. The molecule has 0 aliphatic heterocycles. The standard InChI is InChI=1S/C13H20OS/c1-3-12(13(14)9-15)10(2)11-7-5-4-6-8-11/h4-8,10,12-15H,3,9H2,1-2H3. The zero-order valence-electron chi connectivity index (χ0n) is 9.43. The molecule has 1 aromatic carbocycles. The molecule has 3 unspecified atom stereocenters. The molecule has 0 heterocycles. The normalized spacial score (nSPS) is 17.1. The van der Waals surface area contributed by atoms with Crippen LogP contribution in [0.2, 0.25) is 0 Å². The third-order valence-electron chi connectivity index (χ3n) is 3.12. The van der Waals surface area contributed by atoms with Gasteiger partial charge in [-0.25, -0.2) is 0 Å². The molecule has 84 valence electrons. The van der Waals surface area contributed by atoms with Crippen LogP contribution in [0.5, 0.6) is 0 Å². The molecule has 0 saturated heterocycles. The van der Waals surface area contributed by atoms with E-state index < -0.39 is 0 Å². The summed E-state index contributed by atoms with van der Waals surface area (Å²) in [5, 5.41) is 9.87. The monoisotopic (exact) mass is 224 g/mol. The van der Waals surface area contributed by atoms with Crippen LogP contribution in [0.25, 0.3) is 0 Å². The molecule has 0 saturated carbocycles. The van der Waals surface area contributed by atoms with Gasteiger partial charge in [0.25, 0.3) is 0 Å². The number of hydrogen-bond donors (Lipinski definition) is 2. The van der Waals surface area contributed by atoms with E-state index >= 15 is 0 Å². The van der Waals surface area contributed by atoms with Crippen LogP contribution in [0, 0.1) is 5.92 Å². The molecule has 0 amide bonds. The SMILES string of the molecule is CCC(C(O)CS)C(C)c1ccccc1. The van der Waals surface area contributed by atoms with Gasteiger partial charge in [-0.15, -0.1) is 0 Å². The maximum atomic E-state index is 9.87. The first kappa shape index (κ1) is 12.6. The summed E-state index contributed by atoms with van der Waals surface area (Å²) in [6.07, 6.45) is 0.672. The van der Waals surface area contributed by atoms with E-state index in [1.165, 1.54) is 5.56 Å². The Bertz CT molecular complexity index is 273. The van der Waals surface area contributed by atoms with E-state index in [4.69, 9.17) is 0 Å². The molecule has 2 heteroatoms. The van der Waals surface area contributed by atoms with Crippen molar-refractivity contribution in [3.63, 3.8) is 0 Å². The zero-order chi connectivity index (χ0) is 11.3. The second-order valence-corrected chi connectivity index (χ2v) is 4.39. The van der Waals surface area contributed by atoms with Crippen LogP contribution in [-0.2, 0) is 0 Å². The van der Waals surface area contributed by atoms with E-state index in [9.17, 15) is 5.11 Å². The fourth-order valence-electron chi connectivity index (χ4n) is 2.10. The van der Waals surface area contributed by atoms with Gasteiger partial charge in [0.15, 0.2) is 0 Å². The van der Waals surface area contributed by atoms with E-state index in [1.807, 2.05) is 18.2 Å². The first-order chi connectivity index (χ1) is 7.20. The van der Waals surface area contributed by atoms with Crippen LogP contribution in [-0.4, -0.2) is 17.0 Å². The van der Waals surface area contributed by atoms with Gasteiger partial charge in [0, 0.05) is 5.75 Å². The lowest BCUT2D eigenvalue weighted by Gasteiger charge is -2.27. The Kier molecular flexibility index (Phi) is 5.20. The molecular formula is C13H20OS. The van der Waals surface area contributed by atoms with Crippen LogP contribution in [0.4, 0.5) is 0 Å². The van der Waals surface area contributed by atoms with Gasteiger partial charge < -0.3 is 5.11 Å². The molecule has 1 N–H and O–H groups in total. The molecule has 3 atom stereocenters. The molecular weight excluding hydrogens is 204 g/mol. The van der Waals surface area contributed by atoms with Crippen molar-refractivity contribution in [3.05, 3.63) is 35.9 Å². The minimum absolute atomic E-state index is 0.296. The largest absolute Gasteiger partial charge is 0.392 e. The van der Waals surface area contributed by atoms with Crippen LogP contribution in [0.3, 0.4) is 0 Å². The fourth-order valence-corrected chi connectivity index (χ4v) is 2.37. The number of aliphatic hydroxyl groups is 1. The van der Waals surface area contributed by atoms with Gasteiger partial charge in [-0.1, -0.05) is 50.6 Å². The molecule has 1 aromatic rings. The molecule has 0 aliphatic rings. The van der Waals surface area contributed by atoms with E-state index in [-0.39, 0.29) is 6.10 Å². The Hall–Kier alpha value is -0.470. The second-order valence-electron chi connectivity index (χ2n) is 4.02. The Morgan fingerprint density at radius 2 is 1.87 bits per heavy atom. The van der Waals surface area contributed by atoms with Gasteiger partial charge in [-0.2, -0.15) is 12.6 Å². The molecule has 0 fully saturated rings. The van der Waals surface area contributed by atoms with Crippen molar-refractivity contribution in [2.75, 3.05) is 5.75 Å². The third-order valence-corrected chi connectivity index (χ3v) is 3.49. The van der Waals surface area contributed by atoms with Crippen LogP contribution in [0.15, 0.2) is 30.3 Å². The van der Waals surface area contributed by atoms with E-state index in [2.05, 4.69) is 38.6 Å². The molecule has 1 rings (SSSR count). The highest BCUT2D eigenvalue weighted by Crippen LogP contribution is 2.29. The van der Waals surface area contributed by atoms with Crippen LogP contribution >= 0.6 is 12.6 Å². The lowest BCUT2D eigenvalue weighted by Crippen LogP contribution is -2.26. The fraction of sp³-hybridized carbons (Fsp3) is 0.538. The average Bonchev–Trinajstić information content (AvgIpc) is 2.30. The zero-order valence-corrected chi connectivity index (χ0v) is 10.3. The first-order valence-corrected chi connectivity index (χ1v) is 6.17. The maximum absolute atomic E-state index is 9.87. The Morgan fingerprint density at radius 3 is 2.33 bits per heavy atom. The molecule has 0 radical (unpaired) electrons. The summed E-state index contributed by atoms with van der Waals surface area (Å²) >= 11 is 4.17. The molecule has 0 aromatic heterocycles. The predicted octanol–water partition coefficient (Wildman–Crippen LogP) is 3.11. The second kappa shape index (κ2) is 6.19. The topological polar surface area (TPSA) is 20.2 Å². The van der Waals surface area contributed by atoms with Gasteiger partial charge >= 0.3 is 0 Å². The number of benzene rings is 1. The molecule has 1 nitrogen and oxygen atoms in total. The van der Waals surface area contributed by atoms with Gasteiger partial charge in [-0.3, -0.25) is 0 Å². The average molecular weight is 224 g/mol. The van der Waals surface area contributed by atoms with Crippen LogP contribution < -0.4 is 0 Å². The van der Waals surface area contributed by atoms with Gasteiger partial charge in [0.1, 0.15) is 0 Å². The smallest absolute Gasteiger partial charge is 0.0661 e.